The molecule has 1 aromatic rings. The highest BCUT2D eigenvalue weighted by Gasteiger charge is 2.05. The summed E-state index contributed by atoms with van der Waals surface area (Å²) in [6, 6.07) is 6.55. The van der Waals surface area contributed by atoms with Crippen LogP contribution in [0.25, 0.3) is 0 Å². The maximum absolute atomic E-state index is 12.6. The van der Waals surface area contributed by atoms with Crippen molar-refractivity contribution in [2.45, 2.75) is 6.92 Å². The molecule has 0 saturated heterocycles. The summed E-state index contributed by atoms with van der Waals surface area (Å²) in [6.07, 6.45) is 0. The standard InChI is InChI=1S/C11H16FNS/c1-9(8-14)7-13(2)11-5-3-10(12)4-6-11/h3-6,9,14H,7-8H2,1-2H3. The first-order chi connectivity index (χ1) is 6.63. The van der Waals surface area contributed by atoms with E-state index in [4.69, 9.17) is 0 Å². The molecule has 14 heavy (non-hydrogen) atoms. The average molecular weight is 213 g/mol. The summed E-state index contributed by atoms with van der Waals surface area (Å²) in [5, 5.41) is 0. The number of benzene rings is 1. The largest absolute Gasteiger partial charge is 0.374 e. The molecule has 1 aromatic carbocycles. The molecule has 0 aromatic heterocycles. The molecule has 0 fully saturated rings. The zero-order valence-electron chi connectivity index (χ0n) is 8.57. The van der Waals surface area contributed by atoms with E-state index in [1.807, 2.05) is 7.05 Å². The van der Waals surface area contributed by atoms with Crippen molar-refractivity contribution in [1.29, 1.82) is 0 Å². The maximum atomic E-state index is 12.6. The molecule has 0 bridgehead atoms. The number of hydrogen-bond donors (Lipinski definition) is 1. The minimum atomic E-state index is -0.190. The lowest BCUT2D eigenvalue weighted by atomic mass is 10.2. The molecular weight excluding hydrogens is 197 g/mol. The van der Waals surface area contributed by atoms with Gasteiger partial charge in [-0.2, -0.15) is 12.6 Å². The Balaban J connectivity index is 2.60. The molecule has 0 N–H and O–H groups in total. The molecule has 1 nitrogen and oxygen atoms in total. The van der Waals surface area contributed by atoms with Gasteiger partial charge in [0.2, 0.25) is 0 Å². The molecule has 1 rings (SSSR count). The third kappa shape index (κ3) is 3.22. The third-order valence-corrected chi connectivity index (χ3v) is 2.79. The van der Waals surface area contributed by atoms with Crippen LogP contribution >= 0.6 is 12.6 Å². The van der Waals surface area contributed by atoms with Crippen molar-refractivity contribution in [3.63, 3.8) is 0 Å². The molecule has 3 heteroatoms. The van der Waals surface area contributed by atoms with Crippen molar-refractivity contribution in [3.8, 4) is 0 Å². The second kappa shape index (κ2) is 5.25. The Bertz CT molecular complexity index is 273. The Labute approximate surface area is 90.3 Å². The van der Waals surface area contributed by atoms with Crippen molar-refractivity contribution >= 4 is 18.3 Å². The zero-order chi connectivity index (χ0) is 10.6. The second-order valence-corrected chi connectivity index (χ2v) is 4.01. The van der Waals surface area contributed by atoms with Gasteiger partial charge in [0.05, 0.1) is 0 Å². The van der Waals surface area contributed by atoms with Gasteiger partial charge >= 0.3 is 0 Å². The number of rotatable bonds is 4. The van der Waals surface area contributed by atoms with Gasteiger partial charge in [0.15, 0.2) is 0 Å². The van der Waals surface area contributed by atoms with Gasteiger partial charge in [-0.25, -0.2) is 4.39 Å². The van der Waals surface area contributed by atoms with Crippen molar-refractivity contribution in [3.05, 3.63) is 30.1 Å². The first-order valence-corrected chi connectivity index (χ1v) is 5.34. The fourth-order valence-corrected chi connectivity index (χ4v) is 1.44. The van der Waals surface area contributed by atoms with Crippen LogP contribution in [0, 0.1) is 11.7 Å². The van der Waals surface area contributed by atoms with Gasteiger partial charge in [-0.05, 0) is 35.9 Å². The van der Waals surface area contributed by atoms with Gasteiger partial charge in [0, 0.05) is 19.3 Å². The summed E-state index contributed by atoms with van der Waals surface area (Å²) in [5.41, 5.74) is 1.04. The fraction of sp³-hybridized carbons (Fsp3) is 0.455. The van der Waals surface area contributed by atoms with E-state index >= 15 is 0 Å². The fourth-order valence-electron chi connectivity index (χ4n) is 1.33. The summed E-state index contributed by atoms with van der Waals surface area (Å²) in [7, 11) is 2.01. The lowest BCUT2D eigenvalue weighted by molar-refractivity contribution is 0.625. The first kappa shape index (κ1) is 11.4. The maximum Gasteiger partial charge on any atom is 0.123 e. The van der Waals surface area contributed by atoms with Crippen LogP contribution in [0.1, 0.15) is 6.92 Å². The normalized spacial score (nSPS) is 12.6. The quantitative estimate of drug-likeness (QED) is 0.753. The van der Waals surface area contributed by atoms with Gasteiger partial charge < -0.3 is 4.90 Å². The molecule has 0 aliphatic heterocycles. The van der Waals surface area contributed by atoms with E-state index in [9.17, 15) is 4.39 Å². The predicted molar refractivity (Wildman–Crippen MR) is 62.7 cm³/mol. The molecule has 0 spiro atoms. The topological polar surface area (TPSA) is 3.24 Å². The molecule has 0 saturated carbocycles. The molecule has 78 valence electrons. The smallest absolute Gasteiger partial charge is 0.123 e. The van der Waals surface area contributed by atoms with Crippen LogP contribution in [0.15, 0.2) is 24.3 Å². The van der Waals surface area contributed by atoms with Gasteiger partial charge in [-0.3, -0.25) is 0 Å². The highest BCUT2D eigenvalue weighted by molar-refractivity contribution is 7.80. The molecule has 0 heterocycles. The Hall–Kier alpha value is -0.700. The first-order valence-electron chi connectivity index (χ1n) is 4.71. The van der Waals surface area contributed by atoms with E-state index < -0.39 is 0 Å². The summed E-state index contributed by atoms with van der Waals surface area (Å²) in [4.78, 5) is 2.11. The van der Waals surface area contributed by atoms with Crippen LogP contribution in [0.5, 0.6) is 0 Å². The number of hydrogen-bond acceptors (Lipinski definition) is 2. The number of anilines is 1. The molecule has 1 atom stereocenters. The third-order valence-electron chi connectivity index (χ3n) is 2.16. The Kier molecular flexibility index (Phi) is 4.26. The van der Waals surface area contributed by atoms with Crippen LogP contribution in [0.2, 0.25) is 0 Å². The number of nitrogens with zero attached hydrogens (tertiary/aromatic N) is 1. The minimum Gasteiger partial charge on any atom is -0.374 e. The van der Waals surface area contributed by atoms with Gasteiger partial charge in [-0.15, -0.1) is 0 Å². The van der Waals surface area contributed by atoms with Gasteiger partial charge in [-0.1, -0.05) is 6.92 Å². The van der Waals surface area contributed by atoms with Crippen LogP contribution < -0.4 is 4.90 Å². The summed E-state index contributed by atoms with van der Waals surface area (Å²) in [5.74, 6) is 1.21. The van der Waals surface area contributed by atoms with Crippen molar-refractivity contribution < 1.29 is 4.39 Å². The van der Waals surface area contributed by atoms with Crippen molar-refractivity contribution in [2.75, 3.05) is 24.2 Å². The molecule has 0 aliphatic rings. The Morgan fingerprint density at radius 3 is 2.43 bits per heavy atom. The van der Waals surface area contributed by atoms with Crippen LogP contribution in [-0.2, 0) is 0 Å². The molecule has 0 amide bonds. The van der Waals surface area contributed by atoms with E-state index in [1.165, 1.54) is 12.1 Å². The molecule has 0 aliphatic carbocycles. The lowest BCUT2D eigenvalue weighted by Gasteiger charge is -2.22. The van der Waals surface area contributed by atoms with E-state index in [1.54, 1.807) is 12.1 Å². The van der Waals surface area contributed by atoms with Crippen molar-refractivity contribution in [1.82, 2.24) is 0 Å². The highest BCUT2D eigenvalue weighted by Crippen LogP contribution is 2.14. The molecule has 0 radical (unpaired) electrons. The second-order valence-electron chi connectivity index (χ2n) is 3.64. The van der Waals surface area contributed by atoms with E-state index in [0.29, 0.717) is 5.92 Å². The van der Waals surface area contributed by atoms with E-state index in [-0.39, 0.29) is 5.82 Å². The SMILES string of the molecule is CC(CS)CN(C)c1ccc(F)cc1. The minimum absolute atomic E-state index is 0.190. The predicted octanol–water partition coefficient (Wildman–Crippen LogP) is 2.83. The molecular formula is C11H16FNS. The van der Waals surface area contributed by atoms with Gasteiger partial charge in [0.25, 0.3) is 0 Å². The molecule has 1 unspecified atom stereocenters. The highest BCUT2D eigenvalue weighted by atomic mass is 32.1. The number of halogens is 1. The van der Waals surface area contributed by atoms with Crippen LogP contribution in [-0.4, -0.2) is 19.3 Å². The van der Waals surface area contributed by atoms with E-state index in [0.717, 1.165) is 18.0 Å². The Morgan fingerprint density at radius 2 is 1.93 bits per heavy atom. The summed E-state index contributed by atoms with van der Waals surface area (Å²) in [6.45, 7) is 3.09. The van der Waals surface area contributed by atoms with Crippen LogP contribution in [0.4, 0.5) is 10.1 Å². The monoisotopic (exact) mass is 213 g/mol. The lowest BCUT2D eigenvalue weighted by Crippen LogP contribution is -2.24. The Morgan fingerprint density at radius 1 is 1.36 bits per heavy atom. The van der Waals surface area contributed by atoms with Crippen LogP contribution in [0.3, 0.4) is 0 Å². The summed E-state index contributed by atoms with van der Waals surface area (Å²) >= 11 is 4.23. The van der Waals surface area contributed by atoms with E-state index in [2.05, 4.69) is 24.5 Å². The average Bonchev–Trinajstić information content (AvgIpc) is 2.18. The zero-order valence-corrected chi connectivity index (χ0v) is 9.47. The van der Waals surface area contributed by atoms with Gasteiger partial charge in [0.1, 0.15) is 5.82 Å². The summed E-state index contributed by atoms with van der Waals surface area (Å²) < 4.78 is 12.6. The number of thiol groups is 1. The van der Waals surface area contributed by atoms with Crippen molar-refractivity contribution in [2.24, 2.45) is 5.92 Å².